The number of likely N-dealkylation sites (tertiary alicyclic amines) is 1. The highest BCUT2D eigenvalue weighted by Crippen LogP contribution is 2.22. The van der Waals surface area contributed by atoms with Crippen LogP contribution < -0.4 is 0 Å². The second-order valence-electron chi connectivity index (χ2n) is 5.07. The molecule has 0 bridgehead atoms. The Balaban J connectivity index is 2.06. The molecule has 19 heavy (non-hydrogen) atoms. The Morgan fingerprint density at radius 1 is 1.37 bits per heavy atom. The molecule has 0 radical (unpaired) electrons. The Morgan fingerprint density at radius 3 is 2.79 bits per heavy atom. The Bertz CT molecular complexity index is 449. The van der Waals surface area contributed by atoms with E-state index in [0.29, 0.717) is 38.0 Å². The van der Waals surface area contributed by atoms with Gasteiger partial charge < -0.3 is 15.1 Å². The van der Waals surface area contributed by atoms with E-state index in [2.05, 4.69) is 9.97 Å². The molecule has 1 aliphatic rings. The topological polar surface area (TPSA) is 86.6 Å². The maximum Gasteiger partial charge on any atom is 0.274 e. The summed E-state index contributed by atoms with van der Waals surface area (Å²) in [6.07, 6.45) is 4.60. The van der Waals surface area contributed by atoms with Gasteiger partial charge in [0, 0.05) is 19.3 Å². The summed E-state index contributed by atoms with van der Waals surface area (Å²) in [5, 5.41) is 19.2. The van der Waals surface area contributed by atoms with Gasteiger partial charge in [-0.05, 0) is 26.2 Å². The molecule has 6 nitrogen and oxygen atoms in total. The van der Waals surface area contributed by atoms with Gasteiger partial charge in [0.25, 0.3) is 5.91 Å². The van der Waals surface area contributed by atoms with Crippen molar-refractivity contribution in [2.24, 2.45) is 0 Å². The molecule has 6 heteroatoms. The molecule has 0 spiro atoms. The van der Waals surface area contributed by atoms with Gasteiger partial charge in [0.2, 0.25) is 0 Å². The van der Waals surface area contributed by atoms with E-state index in [-0.39, 0.29) is 12.5 Å². The first-order valence-corrected chi connectivity index (χ1v) is 6.45. The number of nitrogens with zero attached hydrogens (tertiary/aromatic N) is 3. The second kappa shape index (κ2) is 5.63. The SMILES string of the molecule is Cc1cnc(C(=O)N2CCC[C@@](O)(CO)CC2)cn1. The maximum atomic E-state index is 12.2. The number of aromatic nitrogens is 2. The van der Waals surface area contributed by atoms with Crippen LogP contribution in [0.25, 0.3) is 0 Å². The number of hydrogen-bond acceptors (Lipinski definition) is 5. The number of aryl methyl sites for hydroxylation is 1. The molecule has 104 valence electrons. The standard InChI is InChI=1S/C13H19N3O3/c1-10-7-15-11(8-14-10)12(18)16-5-2-3-13(19,9-17)4-6-16/h7-8,17,19H,2-6,9H2,1H3/t13-/m0/s1. The molecule has 0 aliphatic carbocycles. The Labute approximate surface area is 112 Å². The smallest absolute Gasteiger partial charge is 0.274 e. The molecule has 1 amide bonds. The highest BCUT2D eigenvalue weighted by molar-refractivity contribution is 5.92. The summed E-state index contributed by atoms with van der Waals surface area (Å²) in [6, 6.07) is 0. The molecule has 2 rings (SSSR count). The Hall–Kier alpha value is -1.53. The first-order valence-electron chi connectivity index (χ1n) is 6.45. The molecular weight excluding hydrogens is 246 g/mol. The van der Waals surface area contributed by atoms with E-state index in [4.69, 9.17) is 0 Å². The summed E-state index contributed by atoms with van der Waals surface area (Å²) in [6.45, 7) is 2.54. The van der Waals surface area contributed by atoms with Gasteiger partial charge in [0.05, 0.1) is 24.1 Å². The van der Waals surface area contributed by atoms with Crippen LogP contribution in [0.1, 0.15) is 35.4 Å². The molecule has 0 aromatic carbocycles. The molecule has 0 unspecified atom stereocenters. The minimum Gasteiger partial charge on any atom is -0.393 e. The fourth-order valence-electron chi connectivity index (χ4n) is 2.21. The third kappa shape index (κ3) is 3.27. The molecule has 1 aromatic rings. The zero-order valence-electron chi connectivity index (χ0n) is 11.0. The van der Waals surface area contributed by atoms with Crippen molar-refractivity contribution in [3.8, 4) is 0 Å². The van der Waals surface area contributed by atoms with Crippen LogP contribution in [0.5, 0.6) is 0 Å². The zero-order chi connectivity index (χ0) is 13.9. The third-order valence-corrected chi connectivity index (χ3v) is 3.50. The molecule has 2 N–H and O–H groups in total. The van der Waals surface area contributed by atoms with Gasteiger partial charge >= 0.3 is 0 Å². The summed E-state index contributed by atoms with van der Waals surface area (Å²) in [5.74, 6) is -0.172. The highest BCUT2D eigenvalue weighted by atomic mass is 16.3. The van der Waals surface area contributed by atoms with Gasteiger partial charge in [0.1, 0.15) is 5.69 Å². The van der Waals surface area contributed by atoms with Crippen LogP contribution in [0.15, 0.2) is 12.4 Å². The van der Waals surface area contributed by atoms with Crippen LogP contribution in [-0.4, -0.2) is 56.3 Å². The van der Waals surface area contributed by atoms with Gasteiger partial charge in [-0.1, -0.05) is 0 Å². The lowest BCUT2D eigenvalue weighted by molar-refractivity contribution is -0.0250. The number of hydrogen-bond donors (Lipinski definition) is 2. The van der Waals surface area contributed by atoms with E-state index in [1.54, 1.807) is 11.1 Å². The lowest BCUT2D eigenvalue weighted by atomic mass is 9.96. The van der Waals surface area contributed by atoms with Gasteiger partial charge in [-0.25, -0.2) is 4.98 Å². The molecule has 1 saturated heterocycles. The number of amides is 1. The van der Waals surface area contributed by atoms with E-state index in [1.165, 1.54) is 6.20 Å². The predicted octanol–water partition coefficient (Wildman–Crippen LogP) is 0.135. The first-order chi connectivity index (χ1) is 9.04. The normalized spacial score (nSPS) is 24.1. The van der Waals surface area contributed by atoms with Crippen LogP contribution in [0.2, 0.25) is 0 Å². The van der Waals surface area contributed by atoms with E-state index in [9.17, 15) is 15.0 Å². The third-order valence-electron chi connectivity index (χ3n) is 3.50. The number of aliphatic hydroxyl groups is 2. The van der Waals surface area contributed by atoms with Crippen LogP contribution in [0, 0.1) is 6.92 Å². The van der Waals surface area contributed by atoms with Crippen molar-refractivity contribution < 1.29 is 15.0 Å². The monoisotopic (exact) mass is 265 g/mol. The largest absolute Gasteiger partial charge is 0.393 e. The maximum absolute atomic E-state index is 12.2. The highest BCUT2D eigenvalue weighted by Gasteiger charge is 2.31. The second-order valence-corrected chi connectivity index (χ2v) is 5.07. The fourth-order valence-corrected chi connectivity index (χ4v) is 2.21. The number of carbonyl (C=O) groups is 1. The first kappa shape index (κ1) is 13.9. The van der Waals surface area contributed by atoms with Crippen molar-refractivity contribution in [1.82, 2.24) is 14.9 Å². The number of carbonyl (C=O) groups excluding carboxylic acids is 1. The van der Waals surface area contributed by atoms with E-state index in [1.807, 2.05) is 6.92 Å². The average molecular weight is 265 g/mol. The summed E-state index contributed by atoms with van der Waals surface area (Å²) in [4.78, 5) is 22.0. The number of rotatable bonds is 2. The van der Waals surface area contributed by atoms with Crippen molar-refractivity contribution in [2.75, 3.05) is 19.7 Å². The quantitative estimate of drug-likeness (QED) is 0.794. The Morgan fingerprint density at radius 2 is 2.16 bits per heavy atom. The van der Waals surface area contributed by atoms with Crippen LogP contribution in [-0.2, 0) is 0 Å². The van der Waals surface area contributed by atoms with Gasteiger partial charge in [-0.2, -0.15) is 0 Å². The average Bonchev–Trinajstić information content (AvgIpc) is 2.62. The summed E-state index contributed by atoms with van der Waals surface area (Å²) >= 11 is 0. The molecule has 2 heterocycles. The Kier molecular flexibility index (Phi) is 4.11. The van der Waals surface area contributed by atoms with Crippen molar-refractivity contribution in [2.45, 2.75) is 31.8 Å². The minimum absolute atomic E-state index is 0.172. The molecule has 1 aromatic heterocycles. The van der Waals surface area contributed by atoms with Crippen molar-refractivity contribution in [1.29, 1.82) is 0 Å². The lowest BCUT2D eigenvalue weighted by Crippen LogP contribution is -2.36. The summed E-state index contributed by atoms with van der Waals surface area (Å²) < 4.78 is 0. The van der Waals surface area contributed by atoms with Crippen molar-refractivity contribution in [3.63, 3.8) is 0 Å². The fraction of sp³-hybridized carbons (Fsp3) is 0.615. The predicted molar refractivity (Wildman–Crippen MR) is 68.6 cm³/mol. The van der Waals surface area contributed by atoms with Gasteiger partial charge in [0.15, 0.2) is 0 Å². The molecule has 1 aliphatic heterocycles. The van der Waals surface area contributed by atoms with Crippen LogP contribution >= 0.6 is 0 Å². The van der Waals surface area contributed by atoms with Crippen LogP contribution in [0.4, 0.5) is 0 Å². The zero-order valence-corrected chi connectivity index (χ0v) is 11.0. The molecule has 1 fully saturated rings. The van der Waals surface area contributed by atoms with E-state index >= 15 is 0 Å². The van der Waals surface area contributed by atoms with Crippen molar-refractivity contribution >= 4 is 5.91 Å². The minimum atomic E-state index is -1.06. The van der Waals surface area contributed by atoms with E-state index in [0.717, 1.165) is 5.69 Å². The van der Waals surface area contributed by atoms with Crippen molar-refractivity contribution in [3.05, 3.63) is 23.8 Å². The van der Waals surface area contributed by atoms with Crippen LogP contribution in [0.3, 0.4) is 0 Å². The number of aliphatic hydroxyl groups excluding tert-OH is 1. The summed E-state index contributed by atoms with van der Waals surface area (Å²) in [5.41, 5.74) is 0.0238. The van der Waals surface area contributed by atoms with E-state index < -0.39 is 5.60 Å². The lowest BCUT2D eigenvalue weighted by Gasteiger charge is -2.24. The van der Waals surface area contributed by atoms with Gasteiger partial charge in [-0.15, -0.1) is 0 Å². The molecular formula is C13H19N3O3. The molecule has 1 atom stereocenters. The van der Waals surface area contributed by atoms with Gasteiger partial charge in [-0.3, -0.25) is 9.78 Å². The summed E-state index contributed by atoms with van der Waals surface area (Å²) in [7, 11) is 0. The molecule has 0 saturated carbocycles.